The summed E-state index contributed by atoms with van der Waals surface area (Å²) >= 11 is 1.75. The fourth-order valence-electron chi connectivity index (χ4n) is 1.75. The highest BCUT2D eigenvalue weighted by molar-refractivity contribution is 7.15. The summed E-state index contributed by atoms with van der Waals surface area (Å²) in [5.41, 5.74) is 8.03. The van der Waals surface area contributed by atoms with Crippen molar-refractivity contribution in [3.8, 4) is 10.4 Å². The molecule has 0 spiro atoms. The second kappa shape index (κ2) is 4.39. The standard InChI is InChI=1S/C12H17N3S/c1-8(2)12-10(7-15(3)14-12)11-5-4-9(6-13)16-11/h4-5,7-8H,6,13H2,1-3H3. The van der Waals surface area contributed by atoms with Crippen molar-refractivity contribution >= 4 is 11.3 Å². The molecule has 0 aliphatic carbocycles. The summed E-state index contributed by atoms with van der Waals surface area (Å²) in [4.78, 5) is 2.48. The highest BCUT2D eigenvalue weighted by Crippen LogP contribution is 2.33. The van der Waals surface area contributed by atoms with Gasteiger partial charge in [0.25, 0.3) is 0 Å². The van der Waals surface area contributed by atoms with Crippen LogP contribution in [0.5, 0.6) is 0 Å². The minimum absolute atomic E-state index is 0.444. The maximum atomic E-state index is 5.63. The lowest BCUT2D eigenvalue weighted by atomic mass is 10.1. The molecule has 0 aliphatic rings. The molecule has 0 saturated carbocycles. The Labute approximate surface area is 99.9 Å². The van der Waals surface area contributed by atoms with E-state index in [2.05, 4.69) is 37.3 Å². The Balaban J connectivity index is 2.46. The van der Waals surface area contributed by atoms with E-state index in [0.29, 0.717) is 12.5 Å². The fourth-order valence-corrected chi connectivity index (χ4v) is 2.66. The Hall–Kier alpha value is -1.13. The van der Waals surface area contributed by atoms with Crippen molar-refractivity contribution in [1.29, 1.82) is 0 Å². The Morgan fingerprint density at radius 2 is 2.19 bits per heavy atom. The summed E-state index contributed by atoms with van der Waals surface area (Å²) < 4.78 is 1.88. The van der Waals surface area contributed by atoms with Gasteiger partial charge in [0.1, 0.15) is 0 Å². The van der Waals surface area contributed by atoms with Gasteiger partial charge < -0.3 is 5.73 Å². The minimum Gasteiger partial charge on any atom is -0.326 e. The van der Waals surface area contributed by atoms with Gasteiger partial charge in [-0.05, 0) is 18.1 Å². The summed E-state index contributed by atoms with van der Waals surface area (Å²) in [6, 6.07) is 4.23. The van der Waals surface area contributed by atoms with E-state index in [1.807, 2.05) is 11.7 Å². The van der Waals surface area contributed by atoms with Crippen molar-refractivity contribution in [1.82, 2.24) is 9.78 Å². The van der Waals surface area contributed by atoms with Gasteiger partial charge in [0.15, 0.2) is 0 Å². The molecule has 2 aromatic rings. The predicted octanol–water partition coefficient (Wildman–Crippen LogP) is 2.73. The molecule has 0 aliphatic heterocycles. The van der Waals surface area contributed by atoms with Crippen LogP contribution in [0.15, 0.2) is 18.3 Å². The van der Waals surface area contributed by atoms with E-state index in [4.69, 9.17) is 5.73 Å². The molecule has 0 unspecified atom stereocenters. The predicted molar refractivity (Wildman–Crippen MR) is 68.5 cm³/mol. The average Bonchev–Trinajstić information content (AvgIpc) is 2.82. The zero-order chi connectivity index (χ0) is 11.7. The van der Waals surface area contributed by atoms with Crippen LogP contribution < -0.4 is 5.73 Å². The van der Waals surface area contributed by atoms with Crippen LogP contribution in [0.4, 0.5) is 0 Å². The Morgan fingerprint density at radius 3 is 2.75 bits per heavy atom. The summed E-state index contributed by atoms with van der Waals surface area (Å²) in [6.07, 6.45) is 2.08. The molecule has 4 heteroatoms. The molecule has 3 nitrogen and oxygen atoms in total. The Morgan fingerprint density at radius 1 is 1.44 bits per heavy atom. The van der Waals surface area contributed by atoms with Crippen LogP contribution >= 0.6 is 11.3 Å². The zero-order valence-corrected chi connectivity index (χ0v) is 10.7. The van der Waals surface area contributed by atoms with Crippen LogP contribution in [-0.2, 0) is 13.6 Å². The van der Waals surface area contributed by atoms with Crippen molar-refractivity contribution in [3.05, 3.63) is 28.9 Å². The number of nitrogens with two attached hydrogens (primary N) is 1. The molecule has 2 N–H and O–H groups in total. The summed E-state index contributed by atoms with van der Waals surface area (Å²) in [7, 11) is 1.97. The van der Waals surface area contributed by atoms with Gasteiger partial charge in [-0.2, -0.15) is 5.10 Å². The van der Waals surface area contributed by atoms with Crippen molar-refractivity contribution < 1.29 is 0 Å². The molecule has 0 saturated heterocycles. The highest BCUT2D eigenvalue weighted by Gasteiger charge is 2.14. The van der Waals surface area contributed by atoms with E-state index in [1.165, 1.54) is 15.3 Å². The topological polar surface area (TPSA) is 43.8 Å². The first kappa shape index (κ1) is 11.4. The van der Waals surface area contributed by atoms with Gasteiger partial charge >= 0.3 is 0 Å². The van der Waals surface area contributed by atoms with Crippen molar-refractivity contribution in [2.24, 2.45) is 12.8 Å². The fraction of sp³-hybridized carbons (Fsp3) is 0.417. The average molecular weight is 235 g/mol. The summed E-state index contributed by atoms with van der Waals surface area (Å²) in [5.74, 6) is 0.444. The van der Waals surface area contributed by atoms with Gasteiger partial charge in [-0.15, -0.1) is 11.3 Å². The summed E-state index contributed by atoms with van der Waals surface area (Å²) in [6.45, 7) is 4.95. The Bertz CT molecular complexity index is 482. The molecule has 2 rings (SSSR count). The molecular formula is C12H17N3S. The van der Waals surface area contributed by atoms with Crippen LogP contribution in [0.3, 0.4) is 0 Å². The number of aryl methyl sites for hydroxylation is 1. The quantitative estimate of drug-likeness (QED) is 0.889. The van der Waals surface area contributed by atoms with Gasteiger partial charge in [0.05, 0.1) is 5.69 Å². The molecule has 2 aromatic heterocycles. The number of aromatic nitrogens is 2. The SMILES string of the molecule is CC(C)c1nn(C)cc1-c1ccc(CN)s1. The first-order chi connectivity index (χ1) is 7.61. The number of rotatable bonds is 3. The molecule has 0 amide bonds. The molecule has 86 valence electrons. The van der Waals surface area contributed by atoms with Crippen molar-refractivity contribution in [2.45, 2.75) is 26.3 Å². The highest BCUT2D eigenvalue weighted by atomic mass is 32.1. The molecule has 0 fully saturated rings. The maximum absolute atomic E-state index is 5.63. The second-order valence-electron chi connectivity index (χ2n) is 4.23. The first-order valence-electron chi connectivity index (χ1n) is 5.44. The van der Waals surface area contributed by atoms with E-state index in [9.17, 15) is 0 Å². The number of hydrogen-bond acceptors (Lipinski definition) is 3. The van der Waals surface area contributed by atoms with E-state index >= 15 is 0 Å². The maximum Gasteiger partial charge on any atom is 0.0736 e. The number of hydrogen-bond donors (Lipinski definition) is 1. The van der Waals surface area contributed by atoms with E-state index in [1.54, 1.807) is 11.3 Å². The van der Waals surface area contributed by atoms with Crippen LogP contribution in [-0.4, -0.2) is 9.78 Å². The number of nitrogens with zero attached hydrogens (tertiary/aromatic N) is 2. The van der Waals surface area contributed by atoms with Crippen LogP contribution in [0.1, 0.15) is 30.3 Å². The minimum atomic E-state index is 0.444. The molecule has 2 heterocycles. The molecule has 0 radical (unpaired) electrons. The van der Waals surface area contributed by atoms with Gasteiger partial charge in [0.2, 0.25) is 0 Å². The zero-order valence-electron chi connectivity index (χ0n) is 9.90. The molecule has 16 heavy (non-hydrogen) atoms. The first-order valence-corrected chi connectivity index (χ1v) is 6.26. The van der Waals surface area contributed by atoms with E-state index in [-0.39, 0.29) is 0 Å². The van der Waals surface area contributed by atoms with Crippen molar-refractivity contribution in [2.75, 3.05) is 0 Å². The monoisotopic (exact) mass is 235 g/mol. The molecular weight excluding hydrogens is 218 g/mol. The van der Waals surface area contributed by atoms with Gasteiger partial charge in [0, 0.05) is 35.1 Å². The number of thiophene rings is 1. The van der Waals surface area contributed by atoms with Crippen LogP contribution in [0.25, 0.3) is 10.4 Å². The smallest absolute Gasteiger partial charge is 0.0736 e. The normalized spacial score (nSPS) is 11.3. The van der Waals surface area contributed by atoms with E-state index < -0.39 is 0 Å². The van der Waals surface area contributed by atoms with E-state index in [0.717, 1.165) is 5.69 Å². The third-order valence-corrected chi connectivity index (χ3v) is 3.67. The largest absolute Gasteiger partial charge is 0.326 e. The second-order valence-corrected chi connectivity index (χ2v) is 5.39. The third-order valence-electron chi connectivity index (χ3n) is 2.53. The van der Waals surface area contributed by atoms with Crippen molar-refractivity contribution in [3.63, 3.8) is 0 Å². The lowest BCUT2D eigenvalue weighted by Crippen LogP contribution is -1.93. The lowest BCUT2D eigenvalue weighted by Gasteiger charge is -2.02. The third kappa shape index (κ3) is 2.03. The van der Waals surface area contributed by atoms with Crippen LogP contribution in [0.2, 0.25) is 0 Å². The molecule has 0 atom stereocenters. The molecule has 0 bridgehead atoms. The van der Waals surface area contributed by atoms with Gasteiger partial charge in [-0.25, -0.2) is 0 Å². The summed E-state index contributed by atoms with van der Waals surface area (Å²) in [5, 5.41) is 4.51. The Kier molecular flexibility index (Phi) is 3.12. The van der Waals surface area contributed by atoms with Gasteiger partial charge in [-0.3, -0.25) is 4.68 Å². The van der Waals surface area contributed by atoms with Crippen LogP contribution in [0, 0.1) is 0 Å². The van der Waals surface area contributed by atoms with Gasteiger partial charge in [-0.1, -0.05) is 13.8 Å². The molecule has 0 aromatic carbocycles. The lowest BCUT2D eigenvalue weighted by molar-refractivity contribution is 0.713.